The van der Waals surface area contributed by atoms with E-state index in [0.717, 1.165) is 11.1 Å². The summed E-state index contributed by atoms with van der Waals surface area (Å²) in [5.41, 5.74) is 19.3. The van der Waals surface area contributed by atoms with Crippen LogP contribution in [0.5, 0.6) is 0 Å². The average molecular weight is 842 g/mol. The normalized spacial score (nSPS) is 11.2. The van der Waals surface area contributed by atoms with Crippen molar-refractivity contribution in [2.75, 3.05) is 32.7 Å². The Morgan fingerprint density at radius 1 is 0.587 bits per heavy atom. The minimum Gasteiger partial charge on any atom is -0.382 e. The number of amides is 4. The van der Waals surface area contributed by atoms with E-state index in [4.69, 9.17) is 11.5 Å². The molecule has 0 spiro atoms. The molecule has 8 rings (SSSR count). The van der Waals surface area contributed by atoms with E-state index in [-0.39, 0.29) is 48.1 Å². The van der Waals surface area contributed by atoms with Gasteiger partial charge in [-0.25, -0.2) is 29.9 Å². The maximum Gasteiger partial charge on any atom is 0.255 e. The van der Waals surface area contributed by atoms with Gasteiger partial charge in [-0.05, 0) is 103 Å². The van der Waals surface area contributed by atoms with Crippen molar-refractivity contribution in [1.29, 1.82) is 0 Å². The summed E-state index contributed by atoms with van der Waals surface area (Å²) in [4.78, 5) is 80.5. The first-order valence-corrected chi connectivity index (χ1v) is 19.6. The number of carbonyl (C=O) groups excluding carboxylic acids is 4. The van der Waals surface area contributed by atoms with Crippen molar-refractivity contribution in [2.24, 2.45) is 4.99 Å². The van der Waals surface area contributed by atoms with E-state index in [9.17, 15) is 19.2 Å². The van der Waals surface area contributed by atoms with E-state index in [1.54, 1.807) is 101 Å². The smallest absolute Gasteiger partial charge is 0.255 e. The molecule has 63 heavy (non-hydrogen) atoms. The Morgan fingerprint density at radius 2 is 1.06 bits per heavy atom. The molecule has 0 aliphatic heterocycles. The van der Waals surface area contributed by atoms with E-state index >= 15 is 0 Å². The monoisotopic (exact) mass is 841 g/mol. The van der Waals surface area contributed by atoms with Crippen LogP contribution in [-0.4, -0.2) is 68.9 Å². The number of aliphatic imine (C=N–C) groups is 1. The number of hydrogen-bond acceptors (Lipinski definition) is 13. The average Bonchev–Trinajstić information content (AvgIpc) is 3.91. The number of benzene rings is 4. The highest BCUT2D eigenvalue weighted by Gasteiger charge is 2.14. The summed E-state index contributed by atoms with van der Waals surface area (Å²) in [6, 6.07) is 25.9. The van der Waals surface area contributed by atoms with Gasteiger partial charge in [-0.2, -0.15) is 0 Å². The third kappa shape index (κ3) is 9.79. The van der Waals surface area contributed by atoms with Crippen molar-refractivity contribution in [3.05, 3.63) is 139 Å². The maximum absolute atomic E-state index is 13.1. The first kappa shape index (κ1) is 40.9. The molecule has 4 aromatic heterocycles. The van der Waals surface area contributed by atoms with Crippen LogP contribution in [0, 0.1) is 6.92 Å². The molecule has 0 saturated heterocycles. The number of fused-ring (bicyclic) bond motifs is 2. The highest BCUT2D eigenvalue weighted by Crippen LogP contribution is 2.22. The lowest BCUT2D eigenvalue weighted by atomic mass is 10.1. The standard InChI is InChI=1S/C44H39N15O4/c1-26-20-27(2-15-34(26)57-44(63)29-5-9-32(10-6-29)55-36(61)17-19-59-25-53-38-40(46)49-23-51-42(38)59)21-47-30-11-13-33(14-12-30)56-43(62)28-3-7-31(8-4-28)54-35(60)16-18-58-24-52-37-39(45)48-22-50-41(37)58/h2-15,20-25H,16-19H2,1H3,(H,54,60)(H,55,61)(H,56,62)(H,57,63)(H2,45,48,50)(H2,46,49,51). The Morgan fingerprint density at radius 3 is 1.57 bits per heavy atom. The molecule has 0 saturated carbocycles. The molecule has 19 nitrogen and oxygen atoms in total. The molecule has 314 valence electrons. The van der Waals surface area contributed by atoms with Crippen LogP contribution in [0.1, 0.15) is 44.7 Å². The second kappa shape index (κ2) is 18.2. The van der Waals surface area contributed by atoms with Gasteiger partial charge in [0.25, 0.3) is 11.8 Å². The molecule has 0 aliphatic carbocycles. The van der Waals surface area contributed by atoms with Crippen LogP contribution in [0.3, 0.4) is 0 Å². The number of nitrogen functional groups attached to an aromatic ring is 2. The molecular weight excluding hydrogens is 803 g/mol. The first-order chi connectivity index (χ1) is 30.6. The molecule has 4 aromatic carbocycles. The molecule has 0 unspecified atom stereocenters. The van der Waals surface area contributed by atoms with Gasteiger partial charge in [0.2, 0.25) is 11.8 Å². The predicted molar refractivity (Wildman–Crippen MR) is 240 cm³/mol. The van der Waals surface area contributed by atoms with E-state index in [1.165, 1.54) is 12.7 Å². The van der Waals surface area contributed by atoms with Crippen molar-refractivity contribution in [1.82, 2.24) is 39.0 Å². The van der Waals surface area contributed by atoms with Crippen molar-refractivity contribution in [2.45, 2.75) is 32.9 Å². The minimum atomic E-state index is -0.309. The number of imidazole rings is 2. The van der Waals surface area contributed by atoms with Crippen LogP contribution in [0.15, 0.2) is 121 Å². The Hall–Kier alpha value is -8.87. The Balaban J connectivity index is 0.774. The molecule has 8 N–H and O–H groups in total. The van der Waals surface area contributed by atoms with Crippen LogP contribution >= 0.6 is 0 Å². The Bertz CT molecular complexity index is 3020. The highest BCUT2D eigenvalue weighted by atomic mass is 16.2. The molecule has 0 bridgehead atoms. The van der Waals surface area contributed by atoms with Crippen molar-refractivity contribution in [3.8, 4) is 0 Å². The van der Waals surface area contributed by atoms with Crippen molar-refractivity contribution < 1.29 is 19.2 Å². The number of aryl methyl sites for hydroxylation is 3. The van der Waals surface area contributed by atoms with E-state index < -0.39 is 0 Å². The fourth-order valence-corrected chi connectivity index (χ4v) is 6.51. The molecule has 0 atom stereocenters. The third-order valence-electron chi connectivity index (χ3n) is 9.87. The number of anilines is 6. The maximum atomic E-state index is 13.1. The molecule has 0 aliphatic rings. The van der Waals surface area contributed by atoms with Gasteiger partial charge in [-0.3, -0.25) is 24.2 Å². The fourth-order valence-electron chi connectivity index (χ4n) is 6.51. The SMILES string of the molecule is Cc1cc(C=Nc2ccc(NC(=O)c3ccc(NC(=O)CCn4cnc5c(N)ncnc54)cc3)cc2)ccc1NC(=O)c1ccc(NC(=O)CCn2cnc3c(N)ncnc32)cc1. The van der Waals surface area contributed by atoms with Gasteiger partial charge in [0.1, 0.15) is 23.7 Å². The highest BCUT2D eigenvalue weighted by molar-refractivity contribution is 6.06. The lowest BCUT2D eigenvalue weighted by Gasteiger charge is -2.10. The van der Waals surface area contributed by atoms with Gasteiger partial charge in [0.15, 0.2) is 22.9 Å². The summed E-state index contributed by atoms with van der Waals surface area (Å²) in [5.74, 6) is -0.469. The van der Waals surface area contributed by atoms with Gasteiger partial charge in [0, 0.05) is 66.0 Å². The zero-order valence-electron chi connectivity index (χ0n) is 33.7. The Kier molecular flexibility index (Phi) is 11.8. The van der Waals surface area contributed by atoms with Gasteiger partial charge in [0.05, 0.1) is 18.3 Å². The topological polar surface area (TPSA) is 268 Å². The van der Waals surface area contributed by atoms with Crippen LogP contribution in [0.2, 0.25) is 0 Å². The predicted octanol–water partition coefficient (Wildman–Crippen LogP) is 5.75. The van der Waals surface area contributed by atoms with Crippen LogP contribution < -0.4 is 32.7 Å². The summed E-state index contributed by atoms with van der Waals surface area (Å²) in [6.45, 7) is 2.59. The number of nitrogens with two attached hydrogens (primary N) is 2. The van der Waals surface area contributed by atoms with Gasteiger partial charge < -0.3 is 41.9 Å². The Labute approximate surface area is 358 Å². The van der Waals surface area contributed by atoms with Crippen LogP contribution in [0.25, 0.3) is 22.3 Å². The zero-order valence-corrected chi connectivity index (χ0v) is 33.7. The van der Waals surface area contributed by atoms with Gasteiger partial charge in [-0.1, -0.05) is 6.07 Å². The number of rotatable bonds is 14. The summed E-state index contributed by atoms with van der Waals surface area (Å²) >= 11 is 0. The molecule has 4 heterocycles. The largest absolute Gasteiger partial charge is 0.382 e. The number of nitrogens with one attached hydrogen (secondary N) is 4. The van der Waals surface area contributed by atoms with Crippen LogP contribution in [-0.2, 0) is 22.7 Å². The number of nitrogens with zero attached hydrogens (tertiary/aromatic N) is 9. The molecule has 19 heteroatoms. The van der Waals surface area contributed by atoms with Crippen LogP contribution in [0.4, 0.5) is 40.1 Å². The molecule has 8 aromatic rings. The summed E-state index contributed by atoms with van der Waals surface area (Å²) < 4.78 is 3.48. The number of hydrogen-bond donors (Lipinski definition) is 6. The number of aromatic nitrogens is 8. The second-order valence-corrected chi connectivity index (χ2v) is 14.3. The quantitative estimate of drug-likeness (QED) is 0.0715. The number of carbonyl (C=O) groups is 4. The zero-order chi connectivity index (χ0) is 43.9. The summed E-state index contributed by atoms with van der Waals surface area (Å²) in [6.07, 6.45) is 7.92. The van der Waals surface area contributed by atoms with Gasteiger partial charge in [-0.15, -0.1) is 0 Å². The molecule has 0 radical (unpaired) electrons. The van der Waals surface area contributed by atoms with E-state index in [1.807, 2.05) is 25.1 Å². The fraction of sp³-hybridized carbons (Fsp3) is 0.114. The first-order valence-electron chi connectivity index (χ1n) is 19.6. The molecule has 4 amide bonds. The lowest BCUT2D eigenvalue weighted by molar-refractivity contribution is -0.117. The lowest BCUT2D eigenvalue weighted by Crippen LogP contribution is -2.15. The third-order valence-corrected chi connectivity index (χ3v) is 9.87. The molecular formula is C44H39N15O4. The van der Waals surface area contributed by atoms with Gasteiger partial charge >= 0.3 is 0 Å². The van der Waals surface area contributed by atoms with Crippen molar-refractivity contribution >= 4 is 92.2 Å². The van der Waals surface area contributed by atoms with E-state index in [2.05, 4.69) is 56.2 Å². The molecule has 0 fully saturated rings. The minimum absolute atomic E-state index is 0.176. The summed E-state index contributed by atoms with van der Waals surface area (Å²) in [5, 5.41) is 11.5. The van der Waals surface area contributed by atoms with Crippen molar-refractivity contribution in [3.63, 3.8) is 0 Å². The summed E-state index contributed by atoms with van der Waals surface area (Å²) in [7, 11) is 0. The van der Waals surface area contributed by atoms with E-state index in [0.29, 0.717) is 75.0 Å². The second-order valence-electron chi connectivity index (χ2n) is 14.3.